The fraction of sp³-hybridized carbons (Fsp3) is 0.250. The molecule has 0 N–H and O–H groups in total. The van der Waals surface area contributed by atoms with Crippen LogP contribution in [0.4, 0.5) is 0 Å². The van der Waals surface area contributed by atoms with Crippen molar-refractivity contribution in [2.45, 2.75) is 37.8 Å². The molecule has 10 heteroatoms. The minimum Gasteiger partial charge on any atom is -0.494 e. The molecule has 0 spiro atoms. The Bertz CT molecular complexity index is 1670. The SMILES string of the molecule is CCOc1ccc(-n2c(C)nnc2S[C@H](C[N+](=O)[O-])c2ccc(OCc3ccc4ccccc4c3)c(OCC)c2)cc1. The average molecular weight is 585 g/mol. The Hall–Kier alpha value is -4.57. The second-order valence-electron chi connectivity index (χ2n) is 9.52. The molecular formula is C32H32N4O5S. The molecule has 0 aliphatic carbocycles. The van der Waals surface area contributed by atoms with Crippen molar-refractivity contribution in [3.05, 3.63) is 112 Å². The smallest absolute Gasteiger partial charge is 0.220 e. The van der Waals surface area contributed by atoms with Crippen LogP contribution in [0.25, 0.3) is 16.5 Å². The van der Waals surface area contributed by atoms with Crippen LogP contribution in [0.3, 0.4) is 0 Å². The number of benzene rings is 4. The number of nitro groups is 1. The van der Waals surface area contributed by atoms with Crippen molar-refractivity contribution < 1.29 is 19.1 Å². The van der Waals surface area contributed by atoms with Crippen LogP contribution in [0.5, 0.6) is 17.2 Å². The van der Waals surface area contributed by atoms with Gasteiger partial charge in [0.05, 0.1) is 13.2 Å². The molecule has 0 unspecified atom stereocenters. The molecule has 9 nitrogen and oxygen atoms in total. The van der Waals surface area contributed by atoms with Crippen molar-refractivity contribution in [1.29, 1.82) is 0 Å². The highest BCUT2D eigenvalue weighted by Crippen LogP contribution is 2.40. The fourth-order valence-electron chi connectivity index (χ4n) is 4.65. The van der Waals surface area contributed by atoms with E-state index < -0.39 is 5.25 Å². The minimum atomic E-state index is -0.543. The molecule has 0 fully saturated rings. The van der Waals surface area contributed by atoms with Crippen molar-refractivity contribution in [2.24, 2.45) is 0 Å². The lowest BCUT2D eigenvalue weighted by Crippen LogP contribution is -2.12. The minimum absolute atomic E-state index is 0.303. The molecular weight excluding hydrogens is 552 g/mol. The van der Waals surface area contributed by atoms with Crippen LogP contribution in [0.15, 0.2) is 90.1 Å². The van der Waals surface area contributed by atoms with Crippen molar-refractivity contribution in [3.8, 4) is 22.9 Å². The zero-order valence-electron chi connectivity index (χ0n) is 23.7. The van der Waals surface area contributed by atoms with Gasteiger partial charge in [0.1, 0.15) is 23.4 Å². The number of thioether (sulfide) groups is 1. The van der Waals surface area contributed by atoms with Crippen LogP contribution in [-0.4, -0.2) is 39.4 Å². The maximum absolute atomic E-state index is 11.7. The van der Waals surface area contributed by atoms with Crippen LogP contribution in [0.2, 0.25) is 0 Å². The Labute approximate surface area is 248 Å². The van der Waals surface area contributed by atoms with Gasteiger partial charge < -0.3 is 14.2 Å². The predicted octanol–water partition coefficient (Wildman–Crippen LogP) is 7.22. The van der Waals surface area contributed by atoms with Gasteiger partial charge in [-0.3, -0.25) is 14.7 Å². The molecule has 0 aliphatic rings. The summed E-state index contributed by atoms with van der Waals surface area (Å²) in [5.41, 5.74) is 2.61. The van der Waals surface area contributed by atoms with Gasteiger partial charge in [-0.05, 0) is 85.1 Å². The van der Waals surface area contributed by atoms with E-state index >= 15 is 0 Å². The van der Waals surface area contributed by atoms with Crippen molar-refractivity contribution in [1.82, 2.24) is 14.8 Å². The second-order valence-corrected chi connectivity index (χ2v) is 10.7. The molecule has 216 valence electrons. The van der Waals surface area contributed by atoms with Crippen LogP contribution < -0.4 is 14.2 Å². The van der Waals surface area contributed by atoms with E-state index in [-0.39, 0.29) is 11.5 Å². The van der Waals surface area contributed by atoms with Crippen LogP contribution in [-0.2, 0) is 6.61 Å². The van der Waals surface area contributed by atoms with E-state index in [1.165, 1.54) is 17.1 Å². The molecule has 42 heavy (non-hydrogen) atoms. The van der Waals surface area contributed by atoms with Crippen LogP contribution in [0, 0.1) is 17.0 Å². The van der Waals surface area contributed by atoms with E-state index in [1.807, 2.05) is 86.0 Å². The van der Waals surface area contributed by atoms with E-state index in [2.05, 4.69) is 34.5 Å². The maximum atomic E-state index is 11.7. The first-order valence-electron chi connectivity index (χ1n) is 13.8. The molecule has 0 radical (unpaired) electrons. The normalized spacial score (nSPS) is 11.8. The second kappa shape index (κ2) is 13.4. The Kier molecular flexibility index (Phi) is 9.23. The highest BCUT2D eigenvalue weighted by Gasteiger charge is 2.25. The van der Waals surface area contributed by atoms with Gasteiger partial charge in [0.25, 0.3) is 0 Å². The number of nitrogens with zero attached hydrogens (tertiary/aromatic N) is 4. The van der Waals surface area contributed by atoms with Gasteiger partial charge in [-0.2, -0.15) is 0 Å². The number of aryl methyl sites for hydroxylation is 1. The predicted molar refractivity (Wildman–Crippen MR) is 164 cm³/mol. The van der Waals surface area contributed by atoms with E-state index in [1.54, 1.807) is 0 Å². The van der Waals surface area contributed by atoms with E-state index in [4.69, 9.17) is 14.2 Å². The van der Waals surface area contributed by atoms with Gasteiger partial charge in [0.2, 0.25) is 6.54 Å². The zero-order chi connectivity index (χ0) is 29.5. The molecule has 0 bridgehead atoms. The van der Waals surface area contributed by atoms with Gasteiger partial charge in [0.15, 0.2) is 16.7 Å². The fourth-order valence-corrected chi connectivity index (χ4v) is 5.81. The van der Waals surface area contributed by atoms with E-state index in [9.17, 15) is 10.1 Å². The third-order valence-electron chi connectivity index (χ3n) is 6.61. The van der Waals surface area contributed by atoms with Gasteiger partial charge in [-0.25, -0.2) is 0 Å². The molecule has 4 aromatic carbocycles. The van der Waals surface area contributed by atoms with Crippen LogP contribution in [0.1, 0.15) is 36.0 Å². The molecule has 5 aromatic rings. The third-order valence-corrected chi connectivity index (χ3v) is 7.79. The Morgan fingerprint density at radius 2 is 1.62 bits per heavy atom. The maximum Gasteiger partial charge on any atom is 0.220 e. The summed E-state index contributed by atoms with van der Waals surface area (Å²) in [6.07, 6.45) is 0. The summed E-state index contributed by atoms with van der Waals surface area (Å²) in [4.78, 5) is 11.4. The molecule has 1 aromatic heterocycles. The summed E-state index contributed by atoms with van der Waals surface area (Å²) in [7, 11) is 0. The number of aromatic nitrogens is 3. The molecule has 5 rings (SSSR count). The zero-order valence-corrected chi connectivity index (χ0v) is 24.5. The van der Waals surface area contributed by atoms with Gasteiger partial charge >= 0.3 is 0 Å². The number of hydrogen-bond donors (Lipinski definition) is 0. The Balaban J connectivity index is 1.39. The quantitative estimate of drug-likeness (QED) is 0.0812. The number of ether oxygens (including phenoxy) is 3. The number of hydrogen-bond acceptors (Lipinski definition) is 8. The van der Waals surface area contributed by atoms with E-state index in [0.29, 0.717) is 42.3 Å². The highest BCUT2D eigenvalue weighted by molar-refractivity contribution is 7.99. The van der Waals surface area contributed by atoms with Crippen LogP contribution >= 0.6 is 11.8 Å². The first-order chi connectivity index (χ1) is 20.4. The molecule has 0 amide bonds. The van der Waals surface area contributed by atoms with Gasteiger partial charge in [-0.15, -0.1) is 10.2 Å². The molecule has 0 saturated carbocycles. The average Bonchev–Trinajstić information content (AvgIpc) is 3.36. The third kappa shape index (κ3) is 6.83. The standard InChI is InChI=1S/C32H32N4O5S/c1-4-39-28-15-13-27(14-16-28)36-22(3)33-34-32(36)42-31(20-35(37)38)26-12-17-29(30(19-26)40-5-2)41-21-23-10-11-24-8-6-7-9-25(24)18-23/h6-19,31H,4-5,20-21H2,1-3H3/t31-/m1/s1. The summed E-state index contributed by atoms with van der Waals surface area (Å²) in [5, 5.41) is 22.7. The largest absolute Gasteiger partial charge is 0.494 e. The lowest BCUT2D eigenvalue weighted by molar-refractivity contribution is -0.479. The first-order valence-corrected chi connectivity index (χ1v) is 14.6. The molecule has 0 aliphatic heterocycles. The lowest BCUT2D eigenvalue weighted by Gasteiger charge is -2.18. The topological polar surface area (TPSA) is 102 Å². The summed E-state index contributed by atoms with van der Waals surface area (Å²) in [6.45, 7) is 6.74. The summed E-state index contributed by atoms with van der Waals surface area (Å²) in [6, 6.07) is 27.5. The summed E-state index contributed by atoms with van der Waals surface area (Å²) < 4.78 is 19.5. The van der Waals surface area contributed by atoms with Crippen molar-refractivity contribution in [3.63, 3.8) is 0 Å². The first kappa shape index (κ1) is 28.9. The monoisotopic (exact) mass is 584 g/mol. The van der Waals surface area contributed by atoms with Crippen molar-refractivity contribution >= 4 is 22.5 Å². The number of rotatable bonds is 13. The highest BCUT2D eigenvalue weighted by atomic mass is 32.2. The lowest BCUT2D eigenvalue weighted by atomic mass is 10.1. The Morgan fingerprint density at radius 3 is 2.36 bits per heavy atom. The van der Waals surface area contributed by atoms with Gasteiger partial charge in [0, 0.05) is 10.6 Å². The van der Waals surface area contributed by atoms with E-state index in [0.717, 1.165) is 28.0 Å². The molecule has 1 atom stereocenters. The molecule has 1 heterocycles. The summed E-state index contributed by atoms with van der Waals surface area (Å²) >= 11 is 1.29. The van der Waals surface area contributed by atoms with Gasteiger partial charge in [-0.1, -0.05) is 54.2 Å². The number of fused-ring (bicyclic) bond motifs is 1. The Morgan fingerprint density at radius 1 is 0.857 bits per heavy atom. The molecule has 0 saturated heterocycles. The van der Waals surface area contributed by atoms with Crippen molar-refractivity contribution in [2.75, 3.05) is 19.8 Å². The summed E-state index contributed by atoms with van der Waals surface area (Å²) in [5.74, 6) is 2.55.